The minimum atomic E-state index is 0.215. The molecule has 0 spiro atoms. The molecule has 1 aliphatic rings. The van der Waals surface area contributed by atoms with E-state index in [-0.39, 0.29) is 5.91 Å². The summed E-state index contributed by atoms with van der Waals surface area (Å²) in [4.78, 5) is 16.7. The first kappa shape index (κ1) is 16.1. The molecule has 0 unspecified atom stereocenters. The van der Waals surface area contributed by atoms with Crippen LogP contribution in [0.15, 0.2) is 41.1 Å². The maximum atomic E-state index is 12.4. The number of hydrogen-bond donors (Lipinski definition) is 0. The molecular formula is C19H24N2OS. The Balaban J connectivity index is 1.60. The van der Waals surface area contributed by atoms with Crippen molar-refractivity contribution in [3.05, 3.63) is 52.2 Å². The fourth-order valence-electron chi connectivity index (χ4n) is 3.13. The van der Waals surface area contributed by atoms with Crippen molar-refractivity contribution in [3.8, 4) is 0 Å². The van der Waals surface area contributed by atoms with Crippen molar-refractivity contribution >= 4 is 22.9 Å². The molecule has 1 fully saturated rings. The van der Waals surface area contributed by atoms with Crippen LogP contribution in [0, 0.1) is 0 Å². The highest BCUT2D eigenvalue weighted by Gasteiger charge is 2.17. The minimum absolute atomic E-state index is 0.215. The highest BCUT2D eigenvalue weighted by Crippen LogP contribution is 2.25. The molecule has 1 saturated heterocycles. The molecule has 2 aromatic rings. The number of carbonyl (C=O) groups excluding carboxylic acids is 1. The van der Waals surface area contributed by atoms with E-state index in [2.05, 4.69) is 46.0 Å². The fourth-order valence-corrected chi connectivity index (χ4v) is 3.83. The van der Waals surface area contributed by atoms with Gasteiger partial charge in [0.05, 0.1) is 0 Å². The van der Waals surface area contributed by atoms with Crippen LogP contribution in [0.2, 0.25) is 0 Å². The molecule has 0 saturated carbocycles. The van der Waals surface area contributed by atoms with Gasteiger partial charge in [0.15, 0.2) is 0 Å². The summed E-state index contributed by atoms with van der Waals surface area (Å²) in [5.41, 5.74) is 3.80. The van der Waals surface area contributed by atoms with E-state index in [0.29, 0.717) is 13.0 Å². The van der Waals surface area contributed by atoms with Gasteiger partial charge in [-0.3, -0.25) is 4.79 Å². The third kappa shape index (κ3) is 4.14. The molecule has 1 amide bonds. The first-order chi connectivity index (χ1) is 11.2. The normalized spacial score (nSPS) is 14.2. The molecule has 0 bridgehead atoms. The smallest absolute Gasteiger partial charge is 0.222 e. The van der Waals surface area contributed by atoms with Crippen molar-refractivity contribution in [2.45, 2.75) is 32.2 Å². The molecule has 0 radical (unpaired) electrons. The Morgan fingerprint density at radius 1 is 1.22 bits per heavy atom. The quantitative estimate of drug-likeness (QED) is 0.802. The van der Waals surface area contributed by atoms with E-state index in [1.54, 1.807) is 11.3 Å². The van der Waals surface area contributed by atoms with Gasteiger partial charge in [-0.25, -0.2) is 0 Å². The highest BCUT2D eigenvalue weighted by molar-refractivity contribution is 7.07. The average Bonchev–Trinajstić information content (AvgIpc) is 3.26. The molecule has 0 N–H and O–H groups in total. The number of hydrogen-bond acceptors (Lipinski definition) is 3. The summed E-state index contributed by atoms with van der Waals surface area (Å²) in [6.07, 6.45) is 3.95. The molecule has 3 nitrogen and oxygen atoms in total. The Bertz CT molecular complexity index is 633. The van der Waals surface area contributed by atoms with Gasteiger partial charge in [-0.1, -0.05) is 18.2 Å². The van der Waals surface area contributed by atoms with Crippen LogP contribution in [0.5, 0.6) is 0 Å². The largest absolute Gasteiger partial charge is 0.371 e. The van der Waals surface area contributed by atoms with Gasteiger partial charge in [0.25, 0.3) is 0 Å². The Morgan fingerprint density at radius 2 is 2.00 bits per heavy atom. The maximum absolute atomic E-state index is 12.4. The van der Waals surface area contributed by atoms with Gasteiger partial charge in [0, 0.05) is 38.8 Å². The second-order valence-corrected chi connectivity index (χ2v) is 6.98. The third-order valence-corrected chi connectivity index (χ3v) is 5.21. The second-order valence-electron chi connectivity index (χ2n) is 6.20. The summed E-state index contributed by atoms with van der Waals surface area (Å²) in [7, 11) is 1.91. The van der Waals surface area contributed by atoms with Crippen molar-refractivity contribution in [3.63, 3.8) is 0 Å². The molecular weight excluding hydrogens is 304 g/mol. The molecule has 1 aliphatic heterocycles. The van der Waals surface area contributed by atoms with Crippen molar-refractivity contribution < 1.29 is 4.79 Å². The van der Waals surface area contributed by atoms with Crippen LogP contribution >= 0.6 is 11.3 Å². The summed E-state index contributed by atoms with van der Waals surface area (Å²) >= 11 is 1.69. The molecule has 0 aliphatic carbocycles. The third-order valence-electron chi connectivity index (χ3n) is 4.48. The van der Waals surface area contributed by atoms with Crippen LogP contribution in [0.1, 0.15) is 30.4 Å². The predicted molar refractivity (Wildman–Crippen MR) is 97.0 cm³/mol. The highest BCUT2D eigenvalue weighted by atomic mass is 32.1. The van der Waals surface area contributed by atoms with Gasteiger partial charge < -0.3 is 9.80 Å². The number of thiophene rings is 1. The zero-order valence-corrected chi connectivity index (χ0v) is 14.5. The Hall–Kier alpha value is -1.81. The minimum Gasteiger partial charge on any atom is -0.371 e. The van der Waals surface area contributed by atoms with Gasteiger partial charge in [0.2, 0.25) is 5.91 Å². The number of anilines is 1. The monoisotopic (exact) mass is 328 g/mol. The lowest BCUT2D eigenvalue weighted by Gasteiger charge is -2.24. The first-order valence-electron chi connectivity index (χ1n) is 8.32. The first-order valence-corrected chi connectivity index (χ1v) is 9.26. The van der Waals surface area contributed by atoms with E-state index < -0.39 is 0 Å². The summed E-state index contributed by atoms with van der Waals surface area (Å²) < 4.78 is 0. The van der Waals surface area contributed by atoms with E-state index in [1.165, 1.54) is 29.7 Å². The lowest BCUT2D eigenvalue weighted by molar-refractivity contribution is -0.130. The van der Waals surface area contributed by atoms with Crippen LogP contribution in [-0.2, 0) is 17.8 Å². The lowest BCUT2D eigenvalue weighted by atomic mass is 10.1. The Kier molecular flexibility index (Phi) is 5.34. The number of nitrogens with zero attached hydrogens (tertiary/aromatic N) is 2. The number of aryl methyl sites for hydroxylation is 1. The van der Waals surface area contributed by atoms with Gasteiger partial charge in [-0.2, -0.15) is 11.3 Å². The van der Waals surface area contributed by atoms with Crippen LogP contribution < -0.4 is 4.90 Å². The predicted octanol–water partition coefficient (Wildman–Crippen LogP) is 3.94. The summed E-state index contributed by atoms with van der Waals surface area (Å²) in [6, 6.07) is 10.6. The summed E-state index contributed by atoms with van der Waals surface area (Å²) in [5, 5.41) is 4.19. The molecule has 122 valence electrons. The molecule has 4 heteroatoms. The molecule has 0 atom stereocenters. The molecule has 23 heavy (non-hydrogen) atoms. The van der Waals surface area contributed by atoms with Crippen LogP contribution in [0.25, 0.3) is 0 Å². The number of carbonyl (C=O) groups is 1. The molecule has 2 heterocycles. The second kappa shape index (κ2) is 7.64. The standard InChI is InChI=1S/C19H24N2OS/c1-20(19(22)9-8-16-10-13-23-15-16)14-17-6-2-3-7-18(17)21-11-4-5-12-21/h2-3,6-7,10,13,15H,4-5,8-9,11-12,14H2,1H3. The molecule has 1 aromatic carbocycles. The van der Waals surface area contributed by atoms with Gasteiger partial charge in [-0.15, -0.1) is 0 Å². The van der Waals surface area contributed by atoms with E-state index in [1.807, 2.05) is 11.9 Å². The lowest BCUT2D eigenvalue weighted by Crippen LogP contribution is -2.28. The summed E-state index contributed by atoms with van der Waals surface area (Å²) in [6.45, 7) is 2.95. The van der Waals surface area contributed by atoms with Crippen LogP contribution in [-0.4, -0.2) is 30.9 Å². The van der Waals surface area contributed by atoms with E-state index >= 15 is 0 Å². The zero-order valence-electron chi connectivity index (χ0n) is 13.7. The Labute approximate surface area is 142 Å². The van der Waals surface area contributed by atoms with Crippen molar-refractivity contribution in [1.82, 2.24) is 4.90 Å². The topological polar surface area (TPSA) is 23.6 Å². The van der Waals surface area contributed by atoms with Crippen molar-refractivity contribution in [2.75, 3.05) is 25.0 Å². The molecule has 1 aromatic heterocycles. The maximum Gasteiger partial charge on any atom is 0.222 e. The fraction of sp³-hybridized carbons (Fsp3) is 0.421. The average molecular weight is 328 g/mol. The SMILES string of the molecule is CN(Cc1ccccc1N1CCCC1)C(=O)CCc1ccsc1. The van der Waals surface area contributed by atoms with Crippen LogP contribution in [0.3, 0.4) is 0 Å². The number of amides is 1. The van der Waals surface area contributed by atoms with Gasteiger partial charge >= 0.3 is 0 Å². The summed E-state index contributed by atoms with van der Waals surface area (Å²) in [5.74, 6) is 0.215. The zero-order chi connectivity index (χ0) is 16.1. The molecule has 3 rings (SSSR count). The van der Waals surface area contributed by atoms with E-state index in [4.69, 9.17) is 0 Å². The van der Waals surface area contributed by atoms with E-state index in [0.717, 1.165) is 19.5 Å². The number of benzene rings is 1. The van der Waals surface area contributed by atoms with Crippen molar-refractivity contribution in [1.29, 1.82) is 0 Å². The van der Waals surface area contributed by atoms with E-state index in [9.17, 15) is 4.79 Å². The van der Waals surface area contributed by atoms with Gasteiger partial charge in [0.1, 0.15) is 0 Å². The number of para-hydroxylation sites is 1. The van der Waals surface area contributed by atoms with Crippen LogP contribution in [0.4, 0.5) is 5.69 Å². The van der Waals surface area contributed by atoms with Gasteiger partial charge in [-0.05, 0) is 53.3 Å². The van der Waals surface area contributed by atoms with Crippen molar-refractivity contribution in [2.24, 2.45) is 0 Å². The Morgan fingerprint density at radius 3 is 2.74 bits per heavy atom. The number of rotatable bonds is 6.